The van der Waals surface area contributed by atoms with E-state index >= 15 is 0 Å². The minimum atomic E-state index is 0.113. The number of nitrogens with one attached hydrogen (secondary N) is 1. The SMILES string of the molecule is O=C1NCCN1C1CCCN(Cc2ccn(C3CCCC3)n2)C1. The quantitative estimate of drug-likeness (QED) is 0.924. The minimum absolute atomic E-state index is 0.113. The van der Waals surface area contributed by atoms with Crippen molar-refractivity contribution in [3.8, 4) is 0 Å². The van der Waals surface area contributed by atoms with Gasteiger partial charge >= 0.3 is 6.03 Å². The van der Waals surface area contributed by atoms with Crippen LogP contribution in [-0.4, -0.2) is 57.8 Å². The van der Waals surface area contributed by atoms with Gasteiger partial charge in [-0.25, -0.2) is 4.79 Å². The fourth-order valence-electron chi connectivity index (χ4n) is 4.33. The van der Waals surface area contributed by atoms with Gasteiger partial charge < -0.3 is 10.2 Å². The lowest BCUT2D eigenvalue weighted by molar-refractivity contribution is 0.121. The van der Waals surface area contributed by atoms with Gasteiger partial charge in [0.25, 0.3) is 0 Å². The fraction of sp³-hybridized carbons (Fsp3) is 0.765. The number of amides is 2. The van der Waals surface area contributed by atoms with Gasteiger partial charge in [-0.1, -0.05) is 12.8 Å². The van der Waals surface area contributed by atoms with Crippen LogP contribution >= 0.6 is 0 Å². The molecule has 2 saturated heterocycles. The van der Waals surface area contributed by atoms with Gasteiger partial charge in [-0.3, -0.25) is 9.58 Å². The lowest BCUT2D eigenvalue weighted by atomic mass is 10.0. The lowest BCUT2D eigenvalue weighted by Gasteiger charge is -2.36. The van der Waals surface area contributed by atoms with E-state index in [-0.39, 0.29) is 6.03 Å². The maximum absolute atomic E-state index is 11.9. The molecule has 0 bridgehead atoms. The van der Waals surface area contributed by atoms with Crippen LogP contribution in [0.4, 0.5) is 4.79 Å². The number of carbonyl (C=O) groups excluding carboxylic acids is 1. The van der Waals surface area contributed by atoms with E-state index in [1.165, 1.54) is 31.4 Å². The second-order valence-electron chi connectivity index (χ2n) is 7.18. The molecule has 0 radical (unpaired) electrons. The number of piperidine rings is 1. The van der Waals surface area contributed by atoms with Crippen molar-refractivity contribution in [2.75, 3.05) is 26.2 Å². The van der Waals surface area contributed by atoms with Crippen molar-refractivity contribution < 1.29 is 4.79 Å². The van der Waals surface area contributed by atoms with Crippen LogP contribution in [0.3, 0.4) is 0 Å². The van der Waals surface area contributed by atoms with E-state index in [9.17, 15) is 4.79 Å². The Bertz CT molecular complexity index is 551. The highest BCUT2D eigenvalue weighted by atomic mass is 16.2. The number of carbonyl (C=O) groups is 1. The molecule has 1 unspecified atom stereocenters. The van der Waals surface area contributed by atoms with Crippen LogP contribution in [0.2, 0.25) is 0 Å². The minimum Gasteiger partial charge on any atom is -0.336 e. The van der Waals surface area contributed by atoms with E-state index in [0.717, 1.165) is 45.6 Å². The highest BCUT2D eigenvalue weighted by Gasteiger charge is 2.31. The highest BCUT2D eigenvalue weighted by Crippen LogP contribution is 2.29. The third-order valence-corrected chi connectivity index (χ3v) is 5.56. The smallest absolute Gasteiger partial charge is 0.317 e. The first-order valence-corrected chi connectivity index (χ1v) is 9.10. The lowest BCUT2D eigenvalue weighted by Crippen LogP contribution is -2.48. The third-order valence-electron chi connectivity index (χ3n) is 5.56. The third kappa shape index (κ3) is 3.22. The van der Waals surface area contributed by atoms with Crippen molar-refractivity contribution in [2.45, 2.75) is 57.2 Å². The molecule has 3 aliphatic rings. The van der Waals surface area contributed by atoms with E-state index in [0.29, 0.717) is 12.1 Å². The largest absolute Gasteiger partial charge is 0.336 e. The Morgan fingerprint density at radius 2 is 1.96 bits per heavy atom. The van der Waals surface area contributed by atoms with Crippen LogP contribution < -0.4 is 5.32 Å². The van der Waals surface area contributed by atoms with Crippen LogP contribution in [0.15, 0.2) is 12.3 Å². The van der Waals surface area contributed by atoms with Crippen LogP contribution in [0.1, 0.15) is 50.3 Å². The van der Waals surface area contributed by atoms with Gasteiger partial charge in [0, 0.05) is 38.4 Å². The molecular weight excluding hydrogens is 290 g/mol. The highest BCUT2D eigenvalue weighted by molar-refractivity contribution is 5.76. The average molecular weight is 317 g/mol. The molecule has 2 aliphatic heterocycles. The van der Waals surface area contributed by atoms with Crippen LogP contribution in [0, 0.1) is 0 Å². The normalized spacial score (nSPS) is 26.9. The van der Waals surface area contributed by atoms with Crippen molar-refractivity contribution in [3.63, 3.8) is 0 Å². The Morgan fingerprint density at radius 1 is 1.13 bits per heavy atom. The molecule has 3 fully saturated rings. The molecule has 0 spiro atoms. The van der Waals surface area contributed by atoms with E-state index in [1.54, 1.807) is 0 Å². The molecule has 4 rings (SSSR count). The number of urea groups is 1. The van der Waals surface area contributed by atoms with Crippen molar-refractivity contribution in [1.82, 2.24) is 24.9 Å². The Labute approximate surface area is 137 Å². The summed E-state index contributed by atoms with van der Waals surface area (Å²) in [6.07, 6.45) is 9.67. The standard InChI is InChI=1S/C17H27N5O/c23-17-18-8-11-21(17)16-6-3-9-20(13-16)12-14-7-10-22(19-14)15-4-1-2-5-15/h7,10,15-16H,1-6,8-9,11-13H2,(H,18,23). The molecular formula is C17H27N5O. The summed E-state index contributed by atoms with van der Waals surface area (Å²) in [5, 5.41) is 7.72. The summed E-state index contributed by atoms with van der Waals surface area (Å²) in [5.41, 5.74) is 1.17. The van der Waals surface area contributed by atoms with Crippen molar-refractivity contribution >= 4 is 6.03 Å². The summed E-state index contributed by atoms with van der Waals surface area (Å²) in [6, 6.07) is 3.27. The zero-order valence-electron chi connectivity index (χ0n) is 13.8. The summed E-state index contributed by atoms with van der Waals surface area (Å²) in [4.78, 5) is 16.3. The average Bonchev–Trinajstić information content (AvgIpc) is 3.28. The number of hydrogen-bond acceptors (Lipinski definition) is 3. The molecule has 1 aliphatic carbocycles. The summed E-state index contributed by atoms with van der Waals surface area (Å²) in [5.74, 6) is 0. The number of likely N-dealkylation sites (tertiary alicyclic amines) is 1. The summed E-state index contributed by atoms with van der Waals surface area (Å²) < 4.78 is 2.18. The fourth-order valence-corrected chi connectivity index (χ4v) is 4.33. The molecule has 2 amide bonds. The summed E-state index contributed by atoms with van der Waals surface area (Å²) >= 11 is 0. The molecule has 6 nitrogen and oxygen atoms in total. The zero-order valence-corrected chi connectivity index (χ0v) is 13.8. The molecule has 1 atom stereocenters. The first kappa shape index (κ1) is 15.0. The van der Waals surface area contributed by atoms with Gasteiger partial charge in [-0.15, -0.1) is 0 Å². The molecule has 3 heterocycles. The van der Waals surface area contributed by atoms with Crippen molar-refractivity contribution in [3.05, 3.63) is 18.0 Å². The maximum atomic E-state index is 11.9. The number of nitrogens with zero attached hydrogens (tertiary/aromatic N) is 4. The second-order valence-corrected chi connectivity index (χ2v) is 7.18. The predicted molar refractivity (Wildman–Crippen MR) is 88.1 cm³/mol. The molecule has 1 N–H and O–H groups in total. The van der Waals surface area contributed by atoms with Gasteiger partial charge in [-0.2, -0.15) is 5.10 Å². The maximum Gasteiger partial charge on any atom is 0.317 e. The van der Waals surface area contributed by atoms with E-state index in [4.69, 9.17) is 5.10 Å². The van der Waals surface area contributed by atoms with E-state index < -0.39 is 0 Å². The van der Waals surface area contributed by atoms with Gasteiger partial charge in [0.1, 0.15) is 0 Å². The first-order chi connectivity index (χ1) is 11.3. The summed E-state index contributed by atoms with van der Waals surface area (Å²) in [7, 11) is 0. The molecule has 1 saturated carbocycles. The molecule has 0 aromatic carbocycles. The Hall–Kier alpha value is -1.56. The molecule has 126 valence electrons. The van der Waals surface area contributed by atoms with Crippen molar-refractivity contribution in [1.29, 1.82) is 0 Å². The van der Waals surface area contributed by atoms with Gasteiger partial charge in [0.15, 0.2) is 0 Å². The number of rotatable bonds is 4. The number of hydrogen-bond donors (Lipinski definition) is 1. The van der Waals surface area contributed by atoms with Gasteiger partial charge in [-0.05, 0) is 38.3 Å². The van der Waals surface area contributed by atoms with Crippen LogP contribution in [0.5, 0.6) is 0 Å². The molecule has 1 aromatic heterocycles. The van der Waals surface area contributed by atoms with Crippen LogP contribution in [0.25, 0.3) is 0 Å². The molecule has 6 heteroatoms. The number of aromatic nitrogens is 2. The second kappa shape index (κ2) is 6.51. The summed E-state index contributed by atoms with van der Waals surface area (Å²) in [6.45, 7) is 4.65. The first-order valence-electron chi connectivity index (χ1n) is 9.10. The Balaban J connectivity index is 1.35. The zero-order chi connectivity index (χ0) is 15.6. The molecule has 1 aromatic rings. The van der Waals surface area contributed by atoms with Crippen molar-refractivity contribution in [2.24, 2.45) is 0 Å². The van der Waals surface area contributed by atoms with Crippen LogP contribution in [-0.2, 0) is 6.54 Å². The topological polar surface area (TPSA) is 53.4 Å². The Kier molecular flexibility index (Phi) is 4.25. The van der Waals surface area contributed by atoms with E-state index in [1.807, 2.05) is 4.90 Å². The van der Waals surface area contributed by atoms with E-state index in [2.05, 4.69) is 27.2 Å². The Morgan fingerprint density at radius 3 is 2.74 bits per heavy atom. The predicted octanol–water partition coefficient (Wildman–Crippen LogP) is 1.99. The van der Waals surface area contributed by atoms with Gasteiger partial charge in [0.2, 0.25) is 0 Å². The molecule has 23 heavy (non-hydrogen) atoms. The van der Waals surface area contributed by atoms with Gasteiger partial charge in [0.05, 0.1) is 11.7 Å². The monoisotopic (exact) mass is 317 g/mol.